The average Bonchev–Trinajstić information content (AvgIpc) is 2.37. The fourth-order valence-corrected chi connectivity index (χ4v) is 1.38. The number of nitrogens with one attached hydrogen (secondary N) is 2. The lowest BCUT2D eigenvalue weighted by Gasteiger charge is -2.16. The molecule has 0 aliphatic carbocycles. The average molecular weight is 256 g/mol. The first-order valence-corrected chi connectivity index (χ1v) is 5.31. The van der Waals surface area contributed by atoms with Gasteiger partial charge in [-0.05, 0) is 6.07 Å². The van der Waals surface area contributed by atoms with Gasteiger partial charge in [0.1, 0.15) is 5.82 Å². The lowest BCUT2D eigenvalue weighted by atomic mass is 10.3. The third kappa shape index (κ3) is 3.54. The summed E-state index contributed by atoms with van der Waals surface area (Å²) in [6, 6.07) is 2.41. The van der Waals surface area contributed by atoms with E-state index in [0.717, 1.165) is 0 Å². The molecule has 8 heteroatoms. The molecule has 0 aliphatic heterocycles. The topological polar surface area (TPSA) is 110 Å². The highest BCUT2D eigenvalue weighted by atomic mass is 16.6. The van der Waals surface area contributed by atoms with E-state index in [1.54, 1.807) is 7.05 Å². The highest BCUT2D eigenvalue weighted by Crippen LogP contribution is 2.24. The summed E-state index contributed by atoms with van der Waals surface area (Å²) in [6.07, 6.45) is 0. The number of hydrogen-bond donors (Lipinski definition) is 3. The summed E-state index contributed by atoms with van der Waals surface area (Å²) in [5.74, 6) is 0.597. The van der Waals surface area contributed by atoms with Gasteiger partial charge in [-0.15, -0.1) is 0 Å². The molecular weight excluding hydrogens is 240 g/mol. The Labute approximate surface area is 104 Å². The molecule has 0 fully saturated rings. The van der Waals surface area contributed by atoms with Crippen molar-refractivity contribution in [1.82, 2.24) is 4.98 Å². The Bertz CT molecular complexity index is 413. The van der Waals surface area contributed by atoms with Crippen LogP contribution < -0.4 is 10.6 Å². The molecule has 1 rings (SSSR count). The van der Waals surface area contributed by atoms with Crippen LogP contribution in [0.25, 0.3) is 0 Å². The fourth-order valence-electron chi connectivity index (χ4n) is 1.38. The monoisotopic (exact) mass is 256 g/mol. The van der Waals surface area contributed by atoms with Gasteiger partial charge in [0, 0.05) is 20.2 Å². The van der Waals surface area contributed by atoms with Crippen molar-refractivity contribution in [2.75, 3.05) is 38.0 Å². The number of hydrogen-bond acceptors (Lipinski definition) is 7. The summed E-state index contributed by atoms with van der Waals surface area (Å²) in [6.45, 7) is 0.00949. The number of methoxy groups -OCH3 is 1. The summed E-state index contributed by atoms with van der Waals surface area (Å²) < 4.78 is 4.89. The maximum absolute atomic E-state index is 10.9. The minimum absolute atomic E-state index is 0.1000. The van der Waals surface area contributed by atoms with Crippen LogP contribution in [0.5, 0.6) is 0 Å². The summed E-state index contributed by atoms with van der Waals surface area (Å²) in [4.78, 5) is 14.4. The summed E-state index contributed by atoms with van der Waals surface area (Å²) in [5.41, 5.74) is -0.149. The molecule has 100 valence electrons. The standard InChI is InChI=1S/C10H16N4O4/c1-11-9-4-3-8(14(16)17)10(13-9)12-7(5-15)6-18-2/h3-4,7,15H,5-6H2,1-2H3,(H2,11,12,13). The molecule has 1 aromatic heterocycles. The Morgan fingerprint density at radius 3 is 2.83 bits per heavy atom. The summed E-state index contributed by atoms with van der Waals surface area (Å²) >= 11 is 0. The van der Waals surface area contributed by atoms with Crippen molar-refractivity contribution in [1.29, 1.82) is 0 Å². The predicted molar refractivity (Wildman–Crippen MR) is 66.8 cm³/mol. The zero-order valence-electron chi connectivity index (χ0n) is 10.2. The minimum Gasteiger partial charge on any atom is -0.394 e. The molecule has 0 aliphatic rings. The number of rotatable bonds is 7. The molecule has 0 radical (unpaired) electrons. The van der Waals surface area contributed by atoms with Crippen LogP contribution in [-0.4, -0.2) is 48.4 Å². The van der Waals surface area contributed by atoms with Gasteiger partial charge in [0.2, 0.25) is 5.82 Å². The lowest BCUT2D eigenvalue weighted by molar-refractivity contribution is -0.384. The van der Waals surface area contributed by atoms with Crippen molar-refractivity contribution >= 4 is 17.3 Å². The van der Waals surface area contributed by atoms with E-state index in [2.05, 4.69) is 15.6 Å². The first-order chi connectivity index (χ1) is 8.62. The number of aromatic nitrogens is 1. The minimum atomic E-state index is -0.532. The normalized spacial score (nSPS) is 11.9. The van der Waals surface area contributed by atoms with Crippen molar-refractivity contribution < 1.29 is 14.8 Å². The van der Waals surface area contributed by atoms with Crippen LogP contribution in [0.4, 0.5) is 17.3 Å². The van der Waals surface area contributed by atoms with Gasteiger partial charge >= 0.3 is 5.69 Å². The van der Waals surface area contributed by atoms with Crippen LogP contribution in [0.3, 0.4) is 0 Å². The van der Waals surface area contributed by atoms with Crippen LogP contribution in [0, 0.1) is 10.1 Å². The van der Waals surface area contributed by atoms with Crippen LogP contribution in [0.15, 0.2) is 12.1 Å². The highest BCUT2D eigenvalue weighted by molar-refractivity contribution is 5.60. The van der Waals surface area contributed by atoms with E-state index in [9.17, 15) is 10.1 Å². The van der Waals surface area contributed by atoms with E-state index in [1.165, 1.54) is 19.2 Å². The van der Waals surface area contributed by atoms with Crippen LogP contribution in [0.1, 0.15) is 0 Å². The SMILES string of the molecule is CNc1ccc([N+](=O)[O-])c(NC(CO)COC)n1. The van der Waals surface area contributed by atoms with Gasteiger partial charge < -0.3 is 20.5 Å². The van der Waals surface area contributed by atoms with E-state index >= 15 is 0 Å². The molecule has 0 aromatic carbocycles. The zero-order chi connectivity index (χ0) is 13.5. The molecular formula is C10H16N4O4. The van der Waals surface area contributed by atoms with Crippen LogP contribution >= 0.6 is 0 Å². The van der Waals surface area contributed by atoms with Crippen molar-refractivity contribution in [3.63, 3.8) is 0 Å². The molecule has 1 unspecified atom stereocenters. The van der Waals surface area contributed by atoms with Crippen molar-refractivity contribution in [2.24, 2.45) is 0 Å². The molecule has 1 heterocycles. The molecule has 3 N–H and O–H groups in total. The zero-order valence-corrected chi connectivity index (χ0v) is 10.2. The number of aliphatic hydroxyl groups is 1. The second-order valence-electron chi connectivity index (χ2n) is 3.55. The third-order valence-corrected chi connectivity index (χ3v) is 2.26. The molecule has 0 bridgehead atoms. The van der Waals surface area contributed by atoms with Gasteiger partial charge in [0.15, 0.2) is 0 Å². The Hall–Kier alpha value is -1.93. The quantitative estimate of drug-likeness (QED) is 0.480. The fraction of sp³-hybridized carbons (Fsp3) is 0.500. The Balaban J connectivity index is 2.99. The molecule has 18 heavy (non-hydrogen) atoms. The van der Waals surface area contributed by atoms with Crippen molar-refractivity contribution in [3.05, 3.63) is 22.2 Å². The number of ether oxygens (including phenoxy) is 1. The number of anilines is 2. The molecule has 1 atom stereocenters. The largest absolute Gasteiger partial charge is 0.394 e. The Kier molecular flexibility index (Phi) is 5.28. The molecule has 0 saturated heterocycles. The smallest absolute Gasteiger partial charge is 0.311 e. The second-order valence-corrected chi connectivity index (χ2v) is 3.55. The van der Waals surface area contributed by atoms with E-state index in [1.807, 2.05) is 0 Å². The molecule has 0 amide bonds. The lowest BCUT2D eigenvalue weighted by Crippen LogP contribution is -2.29. The maximum atomic E-state index is 10.9. The summed E-state index contributed by atoms with van der Waals surface area (Å²) in [7, 11) is 3.15. The van der Waals surface area contributed by atoms with Gasteiger partial charge in [-0.3, -0.25) is 10.1 Å². The Morgan fingerprint density at radius 1 is 1.61 bits per heavy atom. The van der Waals surface area contributed by atoms with Gasteiger partial charge in [-0.25, -0.2) is 4.98 Å². The van der Waals surface area contributed by atoms with Gasteiger partial charge in [0.25, 0.3) is 0 Å². The van der Waals surface area contributed by atoms with Crippen LogP contribution in [-0.2, 0) is 4.74 Å². The summed E-state index contributed by atoms with van der Waals surface area (Å²) in [5, 5.41) is 25.6. The van der Waals surface area contributed by atoms with E-state index in [4.69, 9.17) is 9.84 Å². The van der Waals surface area contributed by atoms with Crippen LogP contribution in [0.2, 0.25) is 0 Å². The maximum Gasteiger partial charge on any atom is 0.311 e. The Morgan fingerprint density at radius 2 is 2.33 bits per heavy atom. The molecule has 8 nitrogen and oxygen atoms in total. The third-order valence-electron chi connectivity index (χ3n) is 2.26. The predicted octanol–water partition coefficient (Wildman–Crippen LogP) is 0.451. The molecule has 0 spiro atoms. The molecule has 0 saturated carbocycles. The van der Waals surface area contributed by atoms with E-state index < -0.39 is 11.0 Å². The number of nitrogens with zero attached hydrogens (tertiary/aromatic N) is 2. The van der Waals surface area contributed by atoms with Gasteiger partial charge in [-0.1, -0.05) is 0 Å². The van der Waals surface area contributed by atoms with Gasteiger partial charge in [-0.2, -0.15) is 0 Å². The number of pyridine rings is 1. The van der Waals surface area contributed by atoms with E-state index in [0.29, 0.717) is 5.82 Å². The first kappa shape index (κ1) is 14.1. The number of nitro groups is 1. The molecule has 1 aromatic rings. The van der Waals surface area contributed by atoms with Crippen molar-refractivity contribution in [3.8, 4) is 0 Å². The van der Waals surface area contributed by atoms with Crippen molar-refractivity contribution in [2.45, 2.75) is 6.04 Å². The van der Waals surface area contributed by atoms with Gasteiger partial charge in [0.05, 0.1) is 24.2 Å². The second kappa shape index (κ2) is 6.72. The highest BCUT2D eigenvalue weighted by Gasteiger charge is 2.18. The number of aliphatic hydroxyl groups excluding tert-OH is 1. The first-order valence-electron chi connectivity index (χ1n) is 5.31. The van der Waals surface area contributed by atoms with E-state index in [-0.39, 0.29) is 24.7 Å².